The lowest BCUT2D eigenvalue weighted by Gasteiger charge is -2.14. The monoisotopic (exact) mass is 488 g/mol. The summed E-state index contributed by atoms with van der Waals surface area (Å²) in [6.45, 7) is -0.481. The SMILES string of the molecule is CC(OC(=O)c1ccc2c(c1)C(=O)N(c1ccc(Cl)c(Cl)c1)C2=O)C(=O)NCC(F)(F)F. The number of hydrogen-bond donors (Lipinski definition) is 1. The number of alkyl halides is 3. The van der Waals surface area contributed by atoms with Gasteiger partial charge in [0, 0.05) is 0 Å². The van der Waals surface area contributed by atoms with Gasteiger partial charge in [-0.05, 0) is 43.3 Å². The second-order valence-corrected chi connectivity index (χ2v) is 7.50. The van der Waals surface area contributed by atoms with Gasteiger partial charge in [0.25, 0.3) is 17.7 Å². The first-order chi connectivity index (χ1) is 14.9. The number of hydrogen-bond acceptors (Lipinski definition) is 5. The molecule has 2 aromatic rings. The van der Waals surface area contributed by atoms with Gasteiger partial charge >= 0.3 is 12.1 Å². The zero-order chi connectivity index (χ0) is 23.8. The lowest BCUT2D eigenvalue weighted by atomic mass is 10.1. The molecule has 1 aliphatic rings. The van der Waals surface area contributed by atoms with E-state index in [-0.39, 0.29) is 32.4 Å². The minimum Gasteiger partial charge on any atom is -0.449 e. The Morgan fingerprint density at radius 2 is 1.69 bits per heavy atom. The molecule has 0 saturated carbocycles. The van der Waals surface area contributed by atoms with E-state index in [2.05, 4.69) is 0 Å². The van der Waals surface area contributed by atoms with E-state index < -0.39 is 42.5 Å². The molecule has 3 rings (SSSR count). The average molecular weight is 489 g/mol. The van der Waals surface area contributed by atoms with Crippen molar-refractivity contribution in [3.63, 3.8) is 0 Å². The zero-order valence-corrected chi connectivity index (χ0v) is 17.6. The molecule has 0 aromatic heterocycles. The molecule has 12 heteroatoms. The van der Waals surface area contributed by atoms with E-state index in [4.69, 9.17) is 27.9 Å². The molecule has 0 fully saturated rings. The second-order valence-electron chi connectivity index (χ2n) is 6.69. The van der Waals surface area contributed by atoms with Crippen molar-refractivity contribution in [2.24, 2.45) is 0 Å². The van der Waals surface area contributed by atoms with E-state index in [1.807, 2.05) is 0 Å². The quantitative estimate of drug-likeness (QED) is 0.506. The Labute approximate surface area is 189 Å². The Balaban J connectivity index is 1.77. The van der Waals surface area contributed by atoms with Crippen LogP contribution in [0, 0.1) is 0 Å². The van der Waals surface area contributed by atoms with Crippen molar-refractivity contribution >= 4 is 52.6 Å². The van der Waals surface area contributed by atoms with Crippen LogP contribution in [0.1, 0.15) is 38.0 Å². The molecule has 32 heavy (non-hydrogen) atoms. The molecule has 1 N–H and O–H groups in total. The molecule has 0 aliphatic carbocycles. The summed E-state index contributed by atoms with van der Waals surface area (Å²) in [5.74, 6) is -3.58. The van der Waals surface area contributed by atoms with Gasteiger partial charge in [0.2, 0.25) is 0 Å². The third-order valence-corrected chi connectivity index (χ3v) is 5.14. The third kappa shape index (κ3) is 4.86. The maximum atomic E-state index is 12.8. The van der Waals surface area contributed by atoms with Crippen LogP contribution in [-0.4, -0.2) is 42.5 Å². The summed E-state index contributed by atoms with van der Waals surface area (Å²) < 4.78 is 41.5. The highest BCUT2D eigenvalue weighted by atomic mass is 35.5. The first-order valence-corrected chi connectivity index (χ1v) is 9.68. The second kappa shape index (κ2) is 8.79. The fourth-order valence-electron chi connectivity index (χ4n) is 2.84. The van der Waals surface area contributed by atoms with Gasteiger partial charge in [-0.15, -0.1) is 0 Å². The minimum absolute atomic E-state index is 0.0218. The number of amides is 3. The third-order valence-electron chi connectivity index (χ3n) is 4.40. The van der Waals surface area contributed by atoms with Gasteiger partial charge in [-0.25, -0.2) is 9.69 Å². The van der Waals surface area contributed by atoms with Crippen LogP contribution < -0.4 is 10.2 Å². The van der Waals surface area contributed by atoms with Crippen LogP contribution in [0.3, 0.4) is 0 Å². The molecule has 1 aliphatic heterocycles. The number of anilines is 1. The Bertz CT molecular complexity index is 1140. The van der Waals surface area contributed by atoms with Gasteiger partial charge < -0.3 is 10.1 Å². The van der Waals surface area contributed by atoms with Crippen LogP contribution in [0.25, 0.3) is 0 Å². The summed E-state index contributed by atoms with van der Waals surface area (Å²) in [4.78, 5) is 50.3. The number of imide groups is 1. The number of carbonyl (C=O) groups excluding carboxylic acids is 4. The number of carbonyl (C=O) groups is 4. The number of nitrogens with zero attached hydrogens (tertiary/aromatic N) is 1. The van der Waals surface area contributed by atoms with Crippen molar-refractivity contribution in [2.75, 3.05) is 11.4 Å². The standard InChI is InChI=1S/C20H13Cl2F3N2O5/c1-9(16(28)26-8-20(23,24)25)32-19(31)10-2-4-12-13(6-10)18(30)27(17(12)29)11-3-5-14(21)15(22)7-11/h2-7,9H,8H2,1H3,(H,26,28). The van der Waals surface area contributed by atoms with Crippen molar-refractivity contribution in [3.8, 4) is 0 Å². The highest BCUT2D eigenvalue weighted by Gasteiger charge is 2.37. The largest absolute Gasteiger partial charge is 0.449 e. The van der Waals surface area contributed by atoms with E-state index in [1.165, 1.54) is 30.3 Å². The van der Waals surface area contributed by atoms with Crippen LogP contribution in [0.4, 0.5) is 18.9 Å². The Kier molecular flexibility index (Phi) is 6.47. The van der Waals surface area contributed by atoms with Crippen LogP contribution in [0.5, 0.6) is 0 Å². The number of ether oxygens (including phenoxy) is 1. The van der Waals surface area contributed by atoms with Crippen molar-refractivity contribution in [1.29, 1.82) is 0 Å². The van der Waals surface area contributed by atoms with Gasteiger partial charge in [0.1, 0.15) is 6.54 Å². The number of fused-ring (bicyclic) bond motifs is 1. The van der Waals surface area contributed by atoms with E-state index in [0.29, 0.717) is 0 Å². The smallest absolute Gasteiger partial charge is 0.405 e. The van der Waals surface area contributed by atoms with Crippen LogP contribution in [0.2, 0.25) is 10.0 Å². The molecule has 1 atom stereocenters. The molecule has 1 unspecified atom stereocenters. The summed E-state index contributed by atoms with van der Waals surface area (Å²) >= 11 is 11.8. The van der Waals surface area contributed by atoms with Crippen molar-refractivity contribution in [2.45, 2.75) is 19.2 Å². The number of benzene rings is 2. The topological polar surface area (TPSA) is 92.8 Å². The summed E-state index contributed by atoms with van der Waals surface area (Å²) in [6.07, 6.45) is -6.14. The Hall–Kier alpha value is -3.11. The van der Waals surface area contributed by atoms with Gasteiger partial charge in [-0.1, -0.05) is 23.2 Å². The number of halogens is 5. The zero-order valence-electron chi connectivity index (χ0n) is 16.1. The van der Waals surface area contributed by atoms with Crippen LogP contribution in [-0.2, 0) is 9.53 Å². The molecule has 0 saturated heterocycles. The fraction of sp³-hybridized carbons (Fsp3) is 0.200. The normalized spacial score (nSPS) is 14.2. The summed E-state index contributed by atoms with van der Waals surface area (Å²) in [6, 6.07) is 7.71. The molecule has 2 aromatic carbocycles. The van der Waals surface area contributed by atoms with E-state index in [1.54, 1.807) is 5.32 Å². The van der Waals surface area contributed by atoms with Gasteiger partial charge in [0.05, 0.1) is 32.4 Å². The minimum atomic E-state index is -4.62. The Morgan fingerprint density at radius 1 is 1.03 bits per heavy atom. The molecule has 168 valence electrons. The maximum Gasteiger partial charge on any atom is 0.405 e. The van der Waals surface area contributed by atoms with Crippen molar-refractivity contribution in [1.82, 2.24) is 5.32 Å². The van der Waals surface area contributed by atoms with E-state index in [9.17, 15) is 32.3 Å². The fourth-order valence-corrected chi connectivity index (χ4v) is 3.13. The molecule has 3 amide bonds. The number of rotatable bonds is 5. The van der Waals surface area contributed by atoms with Gasteiger partial charge in [-0.3, -0.25) is 14.4 Å². The van der Waals surface area contributed by atoms with E-state index >= 15 is 0 Å². The molecule has 1 heterocycles. The molecular formula is C20H13Cl2F3N2O5. The number of esters is 1. The lowest BCUT2D eigenvalue weighted by Crippen LogP contribution is -2.40. The highest BCUT2D eigenvalue weighted by molar-refractivity contribution is 6.42. The predicted molar refractivity (Wildman–Crippen MR) is 108 cm³/mol. The highest BCUT2D eigenvalue weighted by Crippen LogP contribution is 2.33. The van der Waals surface area contributed by atoms with Crippen molar-refractivity contribution in [3.05, 3.63) is 63.1 Å². The summed E-state index contributed by atoms with van der Waals surface area (Å²) in [7, 11) is 0. The molecular weight excluding hydrogens is 476 g/mol. The van der Waals surface area contributed by atoms with Crippen molar-refractivity contribution < 1.29 is 37.1 Å². The molecule has 0 spiro atoms. The molecule has 7 nitrogen and oxygen atoms in total. The molecule has 0 radical (unpaired) electrons. The van der Waals surface area contributed by atoms with Crippen LogP contribution >= 0.6 is 23.2 Å². The maximum absolute atomic E-state index is 12.8. The van der Waals surface area contributed by atoms with Gasteiger partial charge in [0.15, 0.2) is 6.10 Å². The summed E-state index contributed by atoms with van der Waals surface area (Å²) in [5.41, 5.74) is -0.0701. The number of nitrogens with one attached hydrogen (secondary N) is 1. The van der Waals surface area contributed by atoms with Crippen LogP contribution in [0.15, 0.2) is 36.4 Å². The van der Waals surface area contributed by atoms with E-state index in [0.717, 1.165) is 17.9 Å². The first kappa shape index (κ1) is 23.6. The van der Waals surface area contributed by atoms with Gasteiger partial charge in [-0.2, -0.15) is 13.2 Å². The predicted octanol–water partition coefficient (Wildman–Crippen LogP) is 4.02. The molecule has 0 bridgehead atoms. The first-order valence-electron chi connectivity index (χ1n) is 8.92. The average Bonchev–Trinajstić information content (AvgIpc) is 2.97. The Morgan fingerprint density at radius 3 is 2.31 bits per heavy atom. The lowest BCUT2D eigenvalue weighted by molar-refractivity contribution is -0.143. The summed E-state index contributed by atoms with van der Waals surface area (Å²) in [5, 5.41) is 1.95.